The van der Waals surface area contributed by atoms with Crippen molar-refractivity contribution in [1.29, 1.82) is 0 Å². The maximum absolute atomic E-state index is 12.9. The summed E-state index contributed by atoms with van der Waals surface area (Å²) >= 11 is 0. The van der Waals surface area contributed by atoms with Crippen molar-refractivity contribution in [3.8, 4) is 0 Å². The Balaban J connectivity index is 0.00000200. The van der Waals surface area contributed by atoms with Crippen LogP contribution in [-0.2, 0) is 5.41 Å². The van der Waals surface area contributed by atoms with Gasteiger partial charge in [0.1, 0.15) is 5.82 Å². The second-order valence-corrected chi connectivity index (χ2v) is 5.91. The van der Waals surface area contributed by atoms with Gasteiger partial charge in [-0.1, -0.05) is 26.0 Å². The van der Waals surface area contributed by atoms with Gasteiger partial charge in [-0.25, -0.2) is 4.39 Å². The third-order valence-electron chi connectivity index (χ3n) is 3.72. The van der Waals surface area contributed by atoms with Gasteiger partial charge in [0.2, 0.25) is 0 Å². The third-order valence-corrected chi connectivity index (χ3v) is 3.72. The van der Waals surface area contributed by atoms with Crippen LogP contribution in [0.15, 0.2) is 29.3 Å². The lowest BCUT2D eigenvalue weighted by molar-refractivity contribution is 0.476. The van der Waals surface area contributed by atoms with Gasteiger partial charge in [-0.15, -0.1) is 24.0 Å². The summed E-state index contributed by atoms with van der Waals surface area (Å²) in [6, 6.07) is 7.16. The maximum Gasteiger partial charge on any atom is 0.191 e. The van der Waals surface area contributed by atoms with E-state index in [1.165, 1.54) is 25.0 Å². The summed E-state index contributed by atoms with van der Waals surface area (Å²) in [6.07, 6.45) is 2.40. The van der Waals surface area contributed by atoms with Gasteiger partial charge in [-0.05, 0) is 30.5 Å². The summed E-state index contributed by atoms with van der Waals surface area (Å²) < 4.78 is 12.9. The predicted octanol–water partition coefficient (Wildman–Crippen LogP) is 3.13. The van der Waals surface area contributed by atoms with E-state index in [-0.39, 0.29) is 35.2 Å². The van der Waals surface area contributed by atoms with Crippen molar-refractivity contribution in [2.24, 2.45) is 10.7 Å². The van der Waals surface area contributed by atoms with Crippen LogP contribution in [0.4, 0.5) is 4.39 Å². The maximum atomic E-state index is 12.9. The Morgan fingerprint density at radius 1 is 1.35 bits per heavy atom. The lowest BCUT2D eigenvalue weighted by atomic mass is 9.85. The number of halogens is 2. The number of nitrogens with two attached hydrogens (primary N) is 1. The highest BCUT2D eigenvalue weighted by atomic mass is 127. The highest BCUT2D eigenvalue weighted by Gasteiger charge is 2.28. The first-order valence-electron chi connectivity index (χ1n) is 6.69. The highest BCUT2D eigenvalue weighted by Crippen LogP contribution is 2.26. The standard InChI is InChI=1S/C15H22FN3.HI/c1-15(2,11-4-6-12(16)7-5-11)10-18-14(17)19(3)13-8-9-13;/h4-7,13H,8-10H2,1-3H3,(H2,17,18);1H. The van der Waals surface area contributed by atoms with E-state index in [0.29, 0.717) is 18.5 Å². The minimum Gasteiger partial charge on any atom is -0.370 e. The number of aliphatic imine (C=N–C) groups is 1. The first-order chi connectivity index (χ1) is 8.90. The van der Waals surface area contributed by atoms with E-state index in [0.717, 1.165) is 5.56 Å². The molecule has 1 fully saturated rings. The molecule has 0 bridgehead atoms. The fourth-order valence-corrected chi connectivity index (χ4v) is 2.03. The number of hydrogen-bond donors (Lipinski definition) is 1. The Labute approximate surface area is 137 Å². The predicted molar refractivity (Wildman–Crippen MR) is 92.1 cm³/mol. The molecule has 3 nitrogen and oxygen atoms in total. The Kier molecular flexibility index (Phi) is 5.79. The van der Waals surface area contributed by atoms with Crippen molar-refractivity contribution in [1.82, 2.24) is 4.90 Å². The molecule has 0 atom stereocenters. The number of benzene rings is 1. The second kappa shape index (κ2) is 6.74. The van der Waals surface area contributed by atoms with Crippen LogP contribution in [0.25, 0.3) is 0 Å². The molecule has 1 aromatic carbocycles. The number of guanidine groups is 1. The van der Waals surface area contributed by atoms with E-state index in [2.05, 4.69) is 18.8 Å². The topological polar surface area (TPSA) is 41.6 Å². The molecule has 2 N–H and O–H groups in total. The molecule has 0 aliphatic heterocycles. The van der Waals surface area contributed by atoms with E-state index < -0.39 is 0 Å². The summed E-state index contributed by atoms with van der Waals surface area (Å²) in [5.41, 5.74) is 6.90. The summed E-state index contributed by atoms with van der Waals surface area (Å²) in [5, 5.41) is 0. The Morgan fingerprint density at radius 2 is 1.90 bits per heavy atom. The molecule has 5 heteroatoms. The highest BCUT2D eigenvalue weighted by molar-refractivity contribution is 14.0. The molecule has 1 aliphatic rings. The molecule has 0 saturated heterocycles. The van der Waals surface area contributed by atoms with Gasteiger partial charge in [-0.3, -0.25) is 4.99 Å². The Morgan fingerprint density at radius 3 is 2.40 bits per heavy atom. The van der Waals surface area contributed by atoms with Gasteiger partial charge in [0.25, 0.3) is 0 Å². The molecule has 0 radical (unpaired) electrons. The van der Waals surface area contributed by atoms with E-state index in [1.54, 1.807) is 0 Å². The van der Waals surface area contributed by atoms with E-state index in [9.17, 15) is 4.39 Å². The van der Waals surface area contributed by atoms with Crippen LogP contribution in [0.5, 0.6) is 0 Å². The minimum atomic E-state index is -0.212. The molecular formula is C15H23FIN3. The van der Waals surface area contributed by atoms with Gasteiger partial charge in [-0.2, -0.15) is 0 Å². The molecular weight excluding hydrogens is 368 g/mol. The van der Waals surface area contributed by atoms with Crippen molar-refractivity contribution in [2.45, 2.75) is 38.1 Å². The van der Waals surface area contributed by atoms with E-state index >= 15 is 0 Å². The van der Waals surface area contributed by atoms with E-state index in [4.69, 9.17) is 5.73 Å². The summed E-state index contributed by atoms with van der Waals surface area (Å²) in [7, 11) is 1.99. The molecule has 1 aromatic rings. The first-order valence-corrected chi connectivity index (χ1v) is 6.69. The summed E-state index contributed by atoms with van der Waals surface area (Å²) in [5.74, 6) is 0.383. The smallest absolute Gasteiger partial charge is 0.191 e. The summed E-state index contributed by atoms with van der Waals surface area (Å²) in [4.78, 5) is 6.52. The van der Waals surface area contributed by atoms with Crippen LogP contribution in [0.3, 0.4) is 0 Å². The van der Waals surface area contributed by atoms with Gasteiger partial charge < -0.3 is 10.6 Å². The van der Waals surface area contributed by atoms with Crippen molar-refractivity contribution < 1.29 is 4.39 Å². The van der Waals surface area contributed by atoms with Crippen molar-refractivity contribution in [2.75, 3.05) is 13.6 Å². The Bertz CT molecular complexity index is 467. The van der Waals surface area contributed by atoms with Crippen LogP contribution in [-0.4, -0.2) is 30.5 Å². The van der Waals surface area contributed by atoms with Gasteiger partial charge in [0.15, 0.2) is 5.96 Å². The zero-order valence-electron chi connectivity index (χ0n) is 12.3. The quantitative estimate of drug-likeness (QED) is 0.487. The number of nitrogens with zero attached hydrogens (tertiary/aromatic N) is 2. The number of rotatable bonds is 4. The van der Waals surface area contributed by atoms with Crippen LogP contribution in [0.1, 0.15) is 32.3 Å². The molecule has 0 heterocycles. The lowest BCUT2D eigenvalue weighted by Gasteiger charge is -2.24. The number of hydrogen-bond acceptors (Lipinski definition) is 1. The van der Waals surface area contributed by atoms with Gasteiger partial charge >= 0.3 is 0 Å². The van der Waals surface area contributed by atoms with Crippen LogP contribution in [0.2, 0.25) is 0 Å². The normalized spacial score (nSPS) is 15.7. The second-order valence-electron chi connectivity index (χ2n) is 5.91. The molecule has 0 amide bonds. The minimum absolute atomic E-state index is 0. The van der Waals surface area contributed by atoms with E-state index in [1.807, 2.05) is 24.1 Å². The zero-order valence-corrected chi connectivity index (χ0v) is 14.6. The van der Waals surface area contributed by atoms with Gasteiger partial charge in [0.05, 0.1) is 6.54 Å². The van der Waals surface area contributed by atoms with Crippen molar-refractivity contribution in [3.63, 3.8) is 0 Å². The fourth-order valence-electron chi connectivity index (χ4n) is 2.03. The molecule has 112 valence electrons. The fraction of sp³-hybridized carbons (Fsp3) is 0.533. The van der Waals surface area contributed by atoms with Crippen molar-refractivity contribution >= 4 is 29.9 Å². The molecule has 0 spiro atoms. The molecule has 1 aliphatic carbocycles. The van der Waals surface area contributed by atoms with Crippen LogP contribution >= 0.6 is 24.0 Å². The van der Waals surface area contributed by atoms with Crippen LogP contribution in [0, 0.1) is 5.82 Å². The molecule has 20 heavy (non-hydrogen) atoms. The Hall–Kier alpha value is -0.850. The first kappa shape index (κ1) is 17.2. The molecule has 2 rings (SSSR count). The average Bonchev–Trinajstić information content (AvgIpc) is 3.20. The molecule has 1 saturated carbocycles. The largest absolute Gasteiger partial charge is 0.370 e. The van der Waals surface area contributed by atoms with Crippen molar-refractivity contribution in [3.05, 3.63) is 35.6 Å². The molecule has 0 unspecified atom stereocenters. The monoisotopic (exact) mass is 391 g/mol. The summed E-state index contributed by atoms with van der Waals surface area (Å²) in [6.45, 7) is 4.78. The third kappa shape index (κ3) is 4.33. The molecule has 0 aromatic heterocycles. The van der Waals surface area contributed by atoms with Gasteiger partial charge in [0, 0.05) is 18.5 Å². The average molecular weight is 391 g/mol. The van der Waals surface area contributed by atoms with Crippen LogP contribution < -0.4 is 5.73 Å². The zero-order chi connectivity index (χ0) is 14.0. The lowest BCUT2D eigenvalue weighted by Crippen LogP contribution is -2.37. The SMILES string of the molecule is CN(C(N)=NCC(C)(C)c1ccc(F)cc1)C1CC1.I.